The maximum Gasteiger partial charge on any atom is 0.0905 e. The van der Waals surface area contributed by atoms with Crippen LogP contribution in [-0.2, 0) is 10.3 Å². The summed E-state index contributed by atoms with van der Waals surface area (Å²) >= 11 is 0. The Morgan fingerprint density at radius 2 is 2.06 bits per heavy atom. The first-order valence-corrected chi connectivity index (χ1v) is 6.80. The van der Waals surface area contributed by atoms with Crippen LogP contribution in [0.1, 0.15) is 25.3 Å². The van der Waals surface area contributed by atoms with E-state index in [2.05, 4.69) is 5.32 Å². The predicted octanol–water partition coefficient (Wildman–Crippen LogP) is 1.91. The van der Waals surface area contributed by atoms with E-state index in [0.717, 1.165) is 24.6 Å². The molecule has 0 aromatic heterocycles. The fourth-order valence-electron chi connectivity index (χ4n) is 2.21. The van der Waals surface area contributed by atoms with Crippen molar-refractivity contribution in [2.45, 2.75) is 25.3 Å². The summed E-state index contributed by atoms with van der Waals surface area (Å²) in [6.07, 6.45) is 2.58. The molecule has 0 spiro atoms. The van der Waals surface area contributed by atoms with Crippen molar-refractivity contribution in [3.05, 3.63) is 35.9 Å². The number of aliphatic hydroxyl groups is 1. The molecule has 1 aromatic rings. The van der Waals surface area contributed by atoms with Crippen LogP contribution in [0.25, 0.3) is 0 Å². The van der Waals surface area contributed by atoms with Gasteiger partial charge in [0.25, 0.3) is 0 Å². The molecular formula is C15H23NO2. The zero-order valence-corrected chi connectivity index (χ0v) is 11.1. The predicted molar refractivity (Wildman–Crippen MR) is 72.4 cm³/mol. The molecule has 0 radical (unpaired) electrons. The van der Waals surface area contributed by atoms with Gasteiger partial charge >= 0.3 is 0 Å². The molecule has 0 bridgehead atoms. The highest BCUT2D eigenvalue weighted by atomic mass is 16.5. The Morgan fingerprint density at radius 1 is 1.33 bits per heavy atom. The van der Waals surface area contributed by atoms with E-state index in [1.54, 1.807) is 0 Å². The van der Waals surface area contributed by atoms with E-state index < -0.39 is 5.54 Å². The Kier molecular flexibility index (Phi) is 4.75. The molecule has 0 aliphatic heterocycles. The second kappa shape index (κ2) is 6.32. The molecule has 18 heavy (non-hydrogen) atoms. The fourth-order valence-corrected chi connectivity index (χ4v) is 2.21. The molecule has 1 atom stereocenters. The average Bonchev–Trinajstić information content (AvgIpc) is 3.23. The zero-order valence-electron chi connectivity index (χ0n) is 11.1. The number of hydrogen-bond acceptors (Lipinski definition) is 3. The van der Waals surface area contributed by atoms with Gasteiger partial charge in [0, 0.05) is 6.61 Å². The minimum absolute atomic E-state index is 0.0511. The van der Waals surface area contributed by atoms with Crippen LogP contribution in [0, 0.1) is 5.92 Å². The van der Waals surface area contributed by atoms with Gasteiger partial charge in [-0.3, -0.25) is 0 Å². The van der Waals surface area contributed by atoms with E-state index in [0.29, 0.717) is 6.61 Å². The lowest BCUT2D eigenvalue weighted by Gasteiger charge is -2.33. The van der Waals surface area contributed by atoms with Crippen LogP contribution in [0.15, 0.2) is 30.3 Å². The Hall–Kier alpha value is -0.900. The first-order valence-electron chi connectivity index (χ1n) is 6.80. The number of aliphatic hydroxyl groups excluding tert-OH is 1. The molecule has 100 valence electrons. The van der Waals surface area contributed by atoms with Gasteiger partial charge in [-0.05, 0) is 30.9 Å². The second-order valence-corrected chi connectivity index (χ2v) is 5.10. The SMILES string of the molecule is CCNC(CO)(COCC1CC1)c1ccccc1. The molecule has 0 amide bonds. The van der Waals surface area contributed by atoms with Gasteiger partial charge in [0.05, 0.1) is 18.8 Å². The quantitative estimate of drug-likeness (QED) is 0.739. The van der Waals surface area contributed by atoms with Gasteiger partial charge in [0.1, 0.15) is 0 Å². The molecule has 1 unspecified atom stereocenters. The van der Waals surface area contributed by atoms with Gasteiger partial charge in [0.15, 0.2) is 0 Å². The largest absolute Gasteiger partial charge is 0.394 e. The van der Waals surface area contributed by atoms with Gasteiger partial charge in [-0.15, -0.1) is 0 Å². The molecule has 2 N–H and O–H groups in total. The maximum absolute atomic E-state index is 9.80. The molecular weight excluding hydrogens is 226 g/mol. The lowest BCUT2D eigenvalue weighted by Crippen LogP contribution is -2.49. The summed E-state index contributed by atoms with van der Waals surface area (Å²) in [5.41, 5.74) is 0.621. The van der Waals surface area contributed by atoms with Crippen molar-refractivity contribution >= 4 is 0 Å². The maximum atomic E-state index is 9.80. The summed E-state index contributed by atoms with van der Waals surface area (Å²) in [5, 5.41) is 13.2. The lowest BCUT2D eigenvalue weighted by molar-refractivity contribution is 0.0297. The van der Waals surface area contributed by atoms with Gasteiger partial charge in [-0.2, -0.15) is 0 Å². The highest BCUT2D eigenvalue weighted by Crippen LogP contribution is 2.30. The van der Waals surface area contributed by atoms with E-state index in [4.69, 9.17) is 4.74 Å². The summed E-state index contributed by atoms with van der Waals surface area (Å²) in [5.74, 6) is 0.749. The van der Waals surface area contributed by atoms with Crippen molar-refractivity contribution in [2.75, 3.05) is 26.4 Å². The van der Waals surface area contributed by atoms with Crippen LogP contribution in [0.2, 0.25) is 0 Å². The molecule has 1 fully saturated rings. The number of nitrogens with one attached hydrogen (secondary N) is 1. The summed E-state index contributed by atoms with van der Waals surface area (Å²) in [4.78, 5) is 0. The molecule has 3 nitrogen and oxygen atoms in total. The monoisotopic (exact) mass is 249 g/mol. The molecule has 2 rings (SSSR count). The van der Waals surface area contributed by atoms with Crippen LogP contribution in [0.5, 0.6) is 0 Å². The summed E-state index contributed by atoms with van der Waals surface area (Å²) < 4.78 is 5.80. The topological polar surface area (TPSA) is 41.5 Å². The average molecular weight is 249 g/mol. The molecule has 0 saturated heterocycles. The molecule has 1 aromatic carbocycles. The van der Waals surface area contributed by atoms with Crippen molar-refractivity contribution in [1.29, 1.82) is 0 Å². The highest BCUT2D eigenvalue weighted by Gasteiger charge is 2.32. The second-order valence-electron chi connectivity index (χ2n) is 5.10. The number of likely N-dealkylation sites (N-methyl/N-ethyl adjacent to an activating group) is 1. The summed E-state index contributed by atoms with van der Waals surface area (Å²) in [7, 11) is 0. The Morgan fingerprint density at radius 3 is 2.61 bits per heavy atom. The van der Waals surface area contributed by atoms with E-state index in [1.807, 2.05) is 37.3 Å². The highest BCUT2D eigenvalue weighted by molar-refractivity contribution is 5.25. The standard InChI is InChI=1S/C15H23NO2/c1-2-16-15(11-17,12-18-10-13-8-9-13)14-6-4-3-5-7-14/h3-7,13,16-17H,2,8-12H2,1H3. The third-order valence-electron chi connectivity index (χ3n) is 3.51. The number of benzene rings is 1. The Balaban J connectivity index is 2.04. The number of ether oxygens (including phenoxy) is 1. The molecule has 1 saturated carbocycles. The summed E-state index contributed by atoms with van der Waals surface area (Å²) in [6, 6.07) is 10.1. The van der Waals surface area contributed by atoms with Gasteiger partial charge < -0.3 is 15.2 Å². The van der Waals surface area contributed by atoms with Crippen LogP contribution in [0.4, 0.5) is 0 Å². The number of hydrogen-bond donors (Lipinski definition) is 2. The fraction of sp³-hybridized carbons (Fsp3) is 0.600. The van der Waals surface area contributed by atoms with Crippen molar-refractivity contribution in [3.8, 4) is 0 Å². The Labute approximate surface area is 109 Å². The third kappa shape index (κ3) is 3.31. The van der Waals surface area contributed by atoms with Crippen LogP contribution in [-0.4, -0.2) is 31.5 Å². The van der Waals surface area contributed by atoms with Gasteiger partial charge in [-0.25, -0.2) is 0 Å². The molecule has 1 aliphatic carbocycles. The van der Waals surface area contributed by atoms with E-state index in [1.165, 1.54) is 12.8 Å². The lowest BCUT2D eigenvalue weighted by atomic mass is 9.91. The van der Waals surface area contributed by atoms with E-state index >= 15 is 0 Å². The molecule has 3 heteroatoms. The van der Waals surface area contributed by atoms with Crippen molar-refractivity contribution in [2.24, 2.45) is 5.92 Å². The first-order chi connectivity index (χ1) is 8.80. The van der Waals surface area contributed by atoms with Gasteiger partial charge in [0.2, 0.25) is 0 Å². The molecule has 0 heterocycles. The summed E-state index contributed by atoms with van der Waals surface area (Å²) in [6.45, 7) is 4.25. The van der Waals surface area contributed by atoms with Crippen LogP contribution >= 0.6 is 0 Å². The van der Waals surface area contributed by atoms with E-state index in [9.17, 15) is 5.11 Å². The number of rotatable bonds is 8. The Bertz CT molecular complexity index is 351. The smallest absolute Gasteiger partial charge is 0.0905 e. The van der Waals surface area contributed by atoms with E-state index in [-0.39, 0.29) is 6.61 Å². The van der Waals surface area contributed by atoms with Crippen molar-refractivity contribution < 1.29 is 9.84 Å². The van der Waals surface area contributed by atoms with Crippen molar-refractivity contribution in [3.63, 3.8) is 0 Å². The third-order valence-corrected chi connectivity index (χ3v) is 3.51. The van der Waals surface area contributed by atoms with Crippen LogP contribution < -0.4 is 5.32 Å². The van der Waals surface area contributed by atoms with Crippen molar-refractivity contribution in [1.82, 2.24) is 5.32 Å². The van der Waals surface area contributed by atoms with Crippen LogP contribution in [0.3, 0.4) is 0 Å². The minimum Gasteiger partial charge on any atom is -0.394 e. The first kappa shape index (κ1) is 13.5. The minimum atomic E-state index is -0.467. The normalized spacial score (nSPS) is 18.6. The zero-order chi connectivity index (χ0) is 12.8. The van der Waals surface area contributed by atoms with Gasteiger partial charge in [-0.1, -0.05) is 37.3 Å². The molecule has 1 aliphatic rings.